The van der Waals surface area contributed by atoms with Gasteiger partial charge in [0.05, 0.1) is 0 Å². The van der Waals surface area contributed by atoms with E-state index in [0.717, 1.165) is 25.7 Å². The van der Waals surface area contributed by atoms with Gasteiger partial charge in [-0.3, -0.25) is 0 Å². The molecule has 2 atom stereocenters. The molecular weight excluding hydrogens is 189 g/mol. The van der Waals surface area contributed by atoms with Gasteiger partial charge in [0.15, 0.2) is 0 Å². The summed E-state index contributed by atoms with van der Waals surface area (Å²) in [5, 5.41) is 17.4. The quantitative estimate of drug-likeness (QED) is 0.325. The summed E-state index contributed by atoms with van der Waals surface area (Å²) in [7, 11) is -1.18. The van der Waals surface area contributed by atoms with Crippen molar-refractivity contribution in [3.8, 4) is 0 Å². The molecule has 2 unspecified atom stereocenters. The van der Waals surface area contributed by atoms with Crippen molar-refractivity contribution in [3.05, 3.63) is 12.7 Å². The summed E-state index contributed by atoms with van der Waals surface area (Å²) < 4.78 is 0. The Morgan fingerprint density at radius 3 is 2.47 bits per heavy atom. The van der Waals surface area contributed by atoms with Crippen molar-refractivity contribution in [1.82, 2.24) is 0 Å². The van der Waals surface area contributed by atoms with Crippen molar-refractivity contribution < 1.29 is 10.0 Å². The van der Waals surface area contributed by atoms with E-state index in [2.05, 4.69) is 13.5 Å². The molecule has 4 N–H and O–H groups in total. The third-order valence-electron chi connectivity index (χ3n) is 3.00. The van der Waals surface area contributed by atoms with Crippen LogP contribution in [0.4, 0.5) is 0 Å². The third kappa shape index (κ3) is 5.97. The molecule has 0 saturated carbocycles. The van der Waals surface area contributed by atoms with E-state index in [1.54, 1.807) is 0 Å². The summed E-state index contributed by atoms with van der Waals surface area (Å²) in [6.07, 6.45) is 5.97. The molecule has 88 valence electrons. The van der Waals surface area contributed by atoms with E-state index >= 15 is 0 Å². The van der Waals surface area contributed by atoms with Crippen LogP contribution in [0.3, 0.4) is 0 Å². The predicted octanol–water partition coefficient (Wildman–Crippen LogP) is 1.56. The minimum Gasteiger partial charge on any atom is -0.427 e. The topological polar surface area (TPSA) is 66.5 Å². The first-order valence-electron chi connectivity index (χ1n) is 5.71. The van der Waals surface area contributed by atoms with E-state index in [-0.39, 0.29) is 5.54 Å². The van der Waals surface area contributed by atoms with Crippen LogP contribution >= 0.6 is 0 Å². The van der Waals surface area contributed by atoms with E-state index in [9.17, 15) is 0 Å². The van der Waals surface area contributed by atoms with Gasteiger partial charge in [-0.2, -0.15) is 0 Å². The predicted molar refractivity (Wildman–Crippen MR) is 65.4 cm³/mol. The first-order valence-corrected chi connectivity index (χ1v) is 5.71. The zero-order valence-electron chi connectivity index (χ0n) is 9.95. The largest absolute Gasteiger partial charge is 0.451 e. The van der Waals surface area contributed by atoms with E-state index in [1.807, 2.05) is 13.0 Å². The Balaban J connectivity index is 3.87. The maximum Gasteiger partial charge on any atom is 0.451 e. The zero-order chi connectivity index (χ0) is 11.9. The molecule has 0 saturated heterocycles. The average Bonchev–Trinajstić information content (AvgIpc) is 2.14. The smallest absolute Gasteiger partial charge is 0.427 e. The molecule has 4 heteroatoms. The number of unbranched alkanes of at least 4 members (excludes halogenated alkanes) is 1. The molecule has 0 bridgehead atoms. The van der Waals surface area contributed by atoms with Crippen LogP contribution in [0.25, 0.3) is 0 Å². The molecule has 0 aromatic heterocycles. The van der Waals surface area contributed by atoms with Crippen LogP contribution in [-0.2, 0) is 0 Å². The lowest BCUT2D eigenvalue weighted by atomic mass is 9.78. The highest BCUT2D eigenvalue weighted by Crippen LogP contribution is 2.24. The van der Waals surface area contributed by atoms with Crippen LogP contribution < -0.4 is 5.73 Å². The molecule has 0 rings (SSSR count). The number of rotatable bonds is 8. The van der Waals surface area contributed by atoms with Crippen molar-refractivity contribution >= 4 is 7.12 Å². The fourth-order valence-electron chi connectivity index (χ4n) is 1.92. The summed E-state index contributed by atoms with van der Waals surface area (Å²) in [6.45, 7) is 7.94. The van der Waals surface area contributed by atoms with Crippen molar-refractivity contribution in [3.63, 3.8) is 0 Å². The van der Waals surface area contributed by atoms with E-state index < -0.39 is 7.12 Å². The van der Waals surface area contributed by atoms with Crippen LogP contribution in [0.2, 0.25) is 6.32 Å². The molecular formula is C11H24BNO2. The van der Waals surface area contributed by atoms with Crippen molar-refractivity contribution in [2.45, 2.75) is 51.4 Å². The summed E-state index contributed by atoms with van der Waals surface area (Å²) in [4.78, 5) is 0. The van der Waals surface area contributed by atoms with Crippen LogP contribution in [0.5, 0.6) is 0 Å². The highest BCUT2D eigenvalue weighted by Gasteiger charge is 2.25. The Morgan fingerprint density at radius 1 is 1.47 bits per heavy atom. The molecule has 0 aromatic carbocycles. The first-order chi connectivity index (χ1) is 6.94. The second-order valence-electron chi connectivity index (χ2n) is 4.48. The number of hydrogen-bond acceptors (Lipinski definition) is 3. The van der Waals surface area contributed by atoms with Crippen LogP contribution in [0.15, 0.2) is 12.7 Å². The van der Waals surface area contributed by atoms with Crippen LogP contribution in [0.1, 0.15) is 39.5 Å². The van der Waals surface area contributed by atoms with Crippen molar-refractivity contribution in [1.29, 1.82) is 0 Å². The zero-order valence-corrected chi connectivity index (χ0v) is 9.95. The molecule has 0 aliphatic rings. The maximum atomic E-state index is 8.69. The average molecular weight is 213 g/mol. The second-order valence-corrected chi connectivity index (χ2v) is 4.48. The molecule has 0 aromatic rings. The summed E-state index contributed by atoms with van der Waals surface area (Å²) in [5.41, 5.74) is 5.98. The molecule has 0 radical (unpaired) electrons. The van der Waals surface area contributed by atoms with Gasteiger partial charge in [0.2, 0.25) is 0 Å². The highest BCUT2D eigenvalue weighted by atomic mass is 16.4. The van der Waals surface area contributed by atoms with E-state index in [0.29, 0.717) is 12.2 Å². The van der Waals surface area contributed by atoms with Gasteiger partial charge in [-0.15, -0.1) is 6.58 Å². The van der Waals surface area contributed by atoms with Gasteiger partial charge >= 0.3 is 7.12 Å². The molecule has 0 aliphatic carbocycles. The SMILES string of the molecule is C=CC(CC)C(C)(N)CCCCB(O)O. The van der Waals surface area contributed by atoms with Crippen molar-refractivity contribution in [2.24, 2.45) is 11.7 Å². The molecule has 0 amide bonds. The van der Waals surface area contributed by atoms with Gasteiger partial charge < -0.3 is 15.8 Å². The Hall–Kier alpha value is -0.315. The van der Waals surface area contributed by atoms with Gasteiger partial charge in [-0.05, 0) is 32.0 Å². The molecule has 0 aliphatic heterocycles. The summed E-state index contributed by atoms with van der Waals surface area (Å²) in [6, 6.07) is 0. The summed E-state index contributed by atoms with van der Waals surface area (Å²) in [5.74, 6) is 0.330. The van der Waals surface area contributed by atoms with Gasteiger partial charge in [0.25, 0.3) is 0 Å². The van der Waals surface area contributed by atoms with Gasteiger partial charge in [-0.1, -0.05) is 25.8 Å². The molecule has 3 nitrogen and oxygen atoms in total. The van der Waals surface area contributed by atoms with E-state index in [1.165, 1.54) is 0 Å². The lowest BCUT2D eigenvalue weighted by Gasteiger charge is -2.31. The van der Waals surface area contributed by atoms with Gasteiger partial charge in [-0.25, -0.2) is 0 Å². The normalized spacial score (nSPS) is 16.9. The van der Waals surface area contributed by atoms with Crippen LogP contribution in [-0.4, -0.2) is 22.7 Å². The number of hydrogen-bond donors (Lipinski definition) is 3. The minimum absolute atomic E-state index is 0.225. The fraction of sp³-hybridized carbons (Fsp3) is 0.818. The maximum absolute atomic E-state index is 8.69. The van der Waals surface area contributed by atoms with Gasteiger partial charge in [0, 0.05) is 5.54 Å². The lowest BCUT2D eigenvalue weighted by molar-refractivity contribution is 0.308. The fourth-order valence-corrected chi connectivity index (χ4v) is 1.92. The standard InChI is InChI=1S/C11H24BNO2/c1-4-10(5-2)11(3,13)8-6-7-9-12(14)15/h4,10,14-15H,1,5-9,13H2,2-3H3. The molecule has 0 spiro atoms. The Kier molecular flexibility index (Phi) is 6.89. The monoisotopic (exact) mass is 213 g/mol. The van der Waals surface area contributed by atoms with Gasteiger partial charge in [0.1, 0.15) is 0 Å². The minimum atomic E-state index is -1.18. The Labute approximate surface area is 93.5 Å². The lowest BCUT2D eigenvalue weighted by Crippen LogP contribution is -2.43. The van der Waals surface area contributed by atoms with Crippen LogP contribution in [0, 0.1) is 5.92 Å². The Bertz CT molecular complexity index is 183. The number of nitrogens with two attached hydrogens (primary N) is 1. The highest BCUT2D eigenvalue weighted by molar-refractivity contribution is 6.40. The van der Waals surface area contributed by atoms with Crippen molar-refractivity contribution in [2.75, 3.05) is 0 Å². The van der Waals surface area contributed by atoms with E-state index in [4.69, 9.17) is 15.8 Å². The third-order valence-corrected chi connectivity index (χ3v) is 3.00. The molecule has 15 heavy (non-hydrogen) atoms. The summed E-state index contributed by atoms with van der Waals surface area (Å²) >= 11 is 0. The molecule has 0 heterocycles. The Morgan fingerprint density at radius 2 is 2.07 bits per heavy atom. The molecule has 0 fully saturated rings. The first kappa shape index (κ1) is 14.7. The second kappa shape index (κ2) is 7.04.